The lowest BCUT2D eigenvalue weighted by molar-refractivity contribution is -0.126. The first-order chi connectivity index (χ1) is 11.1. The molecule has 2 aromatic rings. The van der Waals surface area contributed by atoms with Gasteiger partial charge >= 0.3 is 0 Å². The topological polar surface area (TPSA) is 49.4 Å². The third-order valence-corrected chi connectivity index (χ3v) is 4.18. The highest BCUT2D eigenvalue weighted by Gasteiger charge is 2.38. The molecule has 1 aliphatic heterocycles. The van der Waals surface area contributed by atoms with Crippen LogP contribution in [0.4, 0.5) is 5.69 Å². The average Bonchev–Trinajstić information content (AvgIpc) is 2.80. The van der Waals surface area contributed by atoms with Gasteiger partial charge in [-0.3, -0.25) is 9.59 Å². The third kappa shape index (κ3) is 2.97. The highest BCUT2D eigenvalue weighted by atomic mass is 16.2. The smallest absolute Gasteiger partial charge is 0.254 e. The molecule has 0 bridgehead atoms. The Morgan fingerprint density at radius 3 is 2.57 bits per heavy atom. The number of benzene rings is 2. The van der Waals surface area contributed by atoms with E-state index < -0.39 is 6.04 Å². The number of nitrogens with zero attached hydrogens (tertiary/aromatic N) is 1. The maximum absolute atomic E-state index is 12.8. The molecule has 0 saturated heterocycles. The van der Waals surface area contributed by atoms with Gasteiger partial charge in [0, 0.05) is 19.0 Å². The molecule has 23 heavy (non-hydrogen) atoms. The minimum atomic E-state index is -0.571. The van der Waals surface area contributed by atoms with Crippen molar-refractivity contribution in [2.24, 2.45) is 0 Å². The van der Waals surface area contributed by atoms with Crippen LogP contribution in [0.15, 0.2) is 48.5 Å². The lowest BCUT2D eigenvalue weighted by atomic mass is 10.0. The molecule has 1 aliphatic rings. The molecule has 1 atom stereocenters. The van der Waals surface area contributed by atoms with Crippen molar-refractivity contribution in [3.05, 3.63) is 65.2 Å². The van der Waals surface area contributed by atoms with Crippen LogP contribution in [0.5, 0.6) is 0 Å². The number of amides is 2. The standard InChI is InChI=1S/C19H20N2O2/c1-13-7-6-10-16-17(20-14(2)22)19(23)21(18(13)16)12-11-15-8-4-3-5-9-15/h3-10,17H,11-12H2,1-2H3,(H,20,22)/t17-/m1/s1. The zero-order chi connectivity index (χ0) is 16.4. The monoisotopic (exact) mass is 308 g/mol. The predicted molar refractivity (Wildman–Crippen MR) is 90.2 cm³/mol. The second-order valence-electron chi connectivity index (χ2n) is 5.87. The summed E-state index contributed by atoms with van der Waals surface area (Å²) in [6.07, 6.45) is 0.785. The second kappa shape index (κ2) is 6.24. The molecular formula is C19H20N2O2. The Balaban J connectivity index is 1.89. The lowest BCUT2D eigenvalue weighted by Gasteiger charge is -2.19. The first-order valence-electron chi connectivity index (χ1n) is 7.80. The Kier molecular flexibility index (Phi) is 4.15. The molecule has 1 N–H and O–H groups in total. The molecule has 0 saturated carbocycles. The number of hydrogen-bond donors (Lipinski definition) is 1. The predicted octanol–water partition coefficient (Wildman–Crippen LogP) is 2.76. The molecule has 0 aromatic heterocycles. The molecule has 0 spiro atoms. The molecule has 0 radical (unpaired) electrons. The van der Waals surface area contributed by atoms with Crippen molar-refractivity contribution in [1.82, 2.24) is 5.32 Å². The van der Waals surface area contributed by atoms with Gasteiger partial charge in [0.1, 0.15) is 6.04 Å². The largest absolute Gasteiger partial charge is 0.341 e. The van der Waals surface area contributed by atoms with Crippen LogP contribution >= 0.6 is 0 Å². The van der Waals surface area contributed by atoms with Gasteiger partial charge in [-0.15, -0.1) is 0 Å². The maximum atomic E-state index is 12.8. The van der Waals surface area contributed by atoms with Crippen LogP contribution in [0.3, 0.4) is 0 Å². The molecule has 0 unspecified atom stereocenters. The van der Waals surface area contributed by atoms with Gasteiger partial charge in [0.15, 0.2) is 0 Å². The van der Waals surface area contributed by atoms with Crippen LogP contribution in [0.1, 0.15) is 29.7 Å². The van der Waals surface area contributed by atoms with E-state index in [1.165, 1.54) is 12.5 Å². The van der Waals surface area contributed by atoms with Gasteiger partial charge in [0.2, 0.25) is 5.91 Å². The van der Waals surface area contributed by atoms with Crippen LogP contribution in [0.2, 0.25) is 0 Å². The molecular weight excluding hydrogens is 288 g/mol. The Morgan fingerprint density at radius 2 is 1.87 bits per heavy atom. The minimum absolute atomic E-state index is 0.0552. The quantitative estimate of drug-likeness (QED) is 0.944. The molecule has 2 amide bonds. The maximum Gasteiger partial charge on any atom is 0.254 e. The van der Waals surface area contributed by atoms with E-state index in [4.69, 9.17) is 0 Å². The van der Waals surface area contributed by atoms with E-state index in [1.807, 2.05) is 43.3 Å². The number of anilines is 1. The van der Waals surface area contributed by atoms with Crippen molar-refractivity contribution in [3.8, 4) is 0 Å². The number of fused-ring (bicyclic) bond motifs is 1. The van der Waals surface area contributed by atoms with Gasteiger partial charge < -0.3 is 10.2 Å². The molecule has 0 fully saturated rings. The van der Waals surface area contributed by atoms with Crippen molar-refractivity contribution in [2.75, 3.05) is 11.4 Å². The van der Waals surface area contributed by atoms with Crippen molar-refractivity contribution in [1.29, 1.82) is 0 Å². The third-order valence-electron chi connectivity index (χ3n) is 4.18. The summed E-state index contributed by atoms with van der Waals surface area (Å²) < 4.78 is 0. The zero-order valence-electron chi connectivity index (χ0n) is 13.4. The van der Waals surface area contributed by atoms with E-state index in [1.54, 1.807) is 4.90 Å². The molecule has 4 heteroatoms. The van der Waals surface area contributed by atoms with Crippen LogP contribution in [-0.4, -0.2) is 18.4 Å². The summed E-state index contributed by atoms with van der Waals surface area (Å²) in [4.78, 5) is 26.0. The van der Waals surface area contributed by atoms with Crippen LogP contribution < -0.4 is 10.2 Å². The Hall–Kier alpha value is -2.62. The van der Waals surface area contributed by atoms with Crippen molar-refractivity contribution in [3.63, 3.8) is 0 Å². The summed E-state index contributed by atoms with van der Waals surface area (Å²) in [5.74, 6) is -0.249. The van der Waals surface area contributed by atoms with E-state index in [0.29, 0.717) is 6.54 Å². The van der Waals surface area contributed by atoms with Crippen LogP contribution in [0, 0.1) is 6.92 Å². The fourth-order valence-electron chi connectivity index (χ4n) is 3.13. The lowest BCUT2D eigenvalue weighted by Crippen LogP contribution is -2.37. The first kappa shape index (κ1) is 15.3. The summed E-state index contributed by atoms with van der Waals surface area (Å²) in [5.41, 5.74) is 4.07. The minimum Gasteiger partial charge on any atom is -0.341 e. The highest BCUT2D eigenvalue weighted by molar-refractivity contribution is 6.06. The average molecular weight is 308 g/mol. The van der Waals surface area contributed by atoms with E-state index >= 15 is 0 Å². The van der Waals surface area contributed by atoms with E-state index in [9.17, 15) is 9.59 Å². The number of rotatable bonds is 4. The van der Waals surface area contributed by atoms with Gasteiger partial charge in [0.05, 0.1) is 5.69 Å². The second-order valence-corrected chi connectivity index (χ2v) is 5.87. The van der Waals surface area contributed by atoms with Crippen molar-refractivity contribution >= 4 is 17.5 Å². The molecule has 4 nitrogen and oxygen atoms in total. The summed E-state index contributed by atoms with van der Waals surface area (Å²) in [6.45, 7) is 4.05. The van der Waals surface area contributed by atoms with Crippen molar-refractivity contribution < 1.29 is 9.59 Å². The summed E-state index contributed by atoms with van der Waals surface area (Å²) in [5, 5.41) is 2.77. The summed E-state index contributed by atoms with van der Waals surface area (Å²) >= 11 is 0. The molecule has 118 valence electrons. The zero-order valence-corrected chi connectivity index (χ0v) is 13.4. The van der Waals surface area contributed by atoms with Crippen molar-refractivity contribution in [2.45, 2.75) is 26.3 Å². The normalized spacial score (nSPS) is 16.3. The number of aryl methyl sites for hydroxylation is 1. The SMILES string of the molecule is CC(=O)N[C@H]1C(=O)N(CCc2ccccc2)c2c(C)cccc21. The number of carbonyl (C=O) groups excluding carboxylic acids is 2. The van der Waals surface area contributed by atoms with Gasteiger partial charge in [-0.1, -0.05) is 48.5 Å². The Bertz CT molecular complexity index is 740. The van der Waals surface area contributed by atoms with E-state index in [0.717, 1.165) is 23.2 Å². The molecule has 2 aromatic carbocycles. The van der Waals surface area contributed by atoms with Gasteiger partial charge in [0.25, 0.3) is 5.91 Å². The summed E-state index contributed by atoms with van der Waals surface area (Å²) in [7, 11) is 0. The molecule has 1 heterocycles. The van der Waals surface area contributed by atoms with Gasteiger partial charge in [-0.25, -0.2) is 0 Å². The van der Waals surface area contributed by atoms with Gasteiger partial charge in [-0.05, 0) is 24.5 Å². The Labute approximate surface area is 136 Å². The number of nitrogens with one attached hydrogen (secondary N) is 1. The number of hydrogen-bond acceptors (Lipinski definition) is 2. The highest BCUT2D eigenvalue weighted by Crippen LogP contribution is 2.38. The van der Waals surface area contributed by atoms with Crippen LogP contribution in [-0.2, 0) is 16.0 Å². The fourth-order valence-corrected chi connectivity index (χ4v) is 3.13. The Morgan fingerprint density at radius 1 is 1.13 bits per heavy atom. The molecule has 3 rings (SSSR count). The summed E-state index contributed by atoms with van der Waals surface area (Å²) in [6, 6.07) is 15.4. The number of para-hydroxylation sites is 1. The fraction of sp³-hybridized carbons (Fsp3) is 0.263. The van der Waals surface area contributed by atoms with Gasteiger partial charge in [-0.2, -0.15) is 0 Å². The first-order valence-corrected chi connectivity index (χ1v) is 7.80. The van der Waals surface area contributed by atoms with E-state index in [-0.39, 0.29) is 11.8 Å². The number of carbonyl (C=O) groups is 2. The van der Waals surface area contributed by atoms with Crippen LogP contribution in [0.25, 0.3) is 0 Å². The molecule has 0 aliphatic carbocycles. The van der Waals surface area contributed by atoms with E-state index in [2.05, 4.69) is 17.4 Å².